The summed E-state index contributed by atoms with van der Waals surface area (Å²) in [6, 6.07) is 0.396. The van der Waals surface area contributed by atoms with E-state index in [1.807, 2.05) is 0 Å². The van der Waals surface area contributed by atoms with E-state index in [1.165, 1.54) is 12.8 Å². The molecule has 1 unspecified atom stereocenters. The van der Waals surface area contributed by atoms with Gasteiger partial charge in [0.15, 0.2) is 0 Å². The van der Waals surface area contributed by atoms with Crippen molar-refractivity contribution in [1.29, 1.82) is 0 Å². The van der Waals surface area contributed by atoms with Crippen LogP contribution in [0.15, 0.2) is 0 Å². The Balaban J connectivity index is 1.98. The Morgan fingerprint density at radius 3 is 2.78 bits per heavy atom. The molecule has 2 aliphatic rings. The number of carbonyl (C=O) groups is 1. The molecule has 1 atom stereocenters. The molecule has 0 aromatic carbocycles. The Kier molecular flexibility index (Phi) is 4.62. The lowest BCUT2D eigenvalue weighted by Crippen LogP contribution is -2.49. The molecule has 1 N–H and O–H groups in total. The van der Waals surface area contributed by atoms with E-state index in [1.54, 1.807) is 0 Å². The lowest BCUT2D eigenvalue weighted by Gasteiger charge is -2.42. The first-order valence-electron chi connectivity index (χ1n) is 7.25. The molecule has 2 fully saturated rings. The summed E-state index contributed by atoms with van der Waals surface area (Å²) in [6.07, 6.45) is 7.87. The summed E-state index contributed by atoms with van der Waals surface area (Å²) in [4.78, 5) is 13.1. The number of hydrogen-bond acceptors (Lipinski definition) is 3. The van der Waals surface area contributed by atoms with Crippen LogP contribution in [0.5, 0.6) is 0 Å². The highest BCUT2D eigenvalue weighted by molar-refractivity contribution is 5.69. The Labute approximate surface area is 109 Å². The topological polar surface area (TPSA) is 49.8 Å². The molecule has 0 amide bonds. The van der Waals surface area contributed by atoms with Crippen molar-refractivity contribution < 1.29 is 14.6 Å². The minimum Gasteiger partial charge on any atom is -0.480 e. The van der Waals surface area contributed by atoms with Crippen molar-refractivity contribution >= 4 is 5.97 Å². The normalized spacial score (nSPS) is 26.9. The predicted molar refractivity (Wildman–Crippen MR) is 69.7 cm³/mol. The van der Waals surface area contributed by atoms with Crippen molar-refractivity contribution in [3.05, 3.63) is 0 Å². The van der Waals surface area contributed by atoms with Crippen LogP contribution in [0.25, 0.3) is 0 Å². The van der Waals surface area contributed by atoms with E-state index >= 15 is 0 Å². The molecule has 0 radical (unpaired) electrons. The molecule has 4 nitrogen and oxygen atoms in total. The van der Waals surface area contributed by atoms with Crippen LogP contribution in [-0.2, 0) is 9.53 Å². The molecule has 4 heteroatoms. The second-order valence-corrected chi connectivity index (χ2v) is 5.75. The standard InChI is InChI=1S/C14H25NO3/c1-2-8-15(11-13(16)17)12-5-9-18-14(10-12)6-3-4-7-14/h12H,2-11H2,1H3,(H,16,17). The van der Waals surface area contributed by atoms with Crippen molar-refractivity contribution in [3.8, 4) is 0 Å². The summed E-state index contributed by atoms with van der Waals surface area (Å²) in [5, 5.41) is 9.03. The number of rotatable bonds is 5. The van der Waals surface area contributed by atoms with Crippen molar-refractivity contribution in [1.82, 2.24) is 4.90 Å². The zero-order chi connectivity index (χ0) is 13.0. The smallest absolute Gasteiger partial charge is 0.317 e. The monoisotopic (exact) mass is 255 g/mol. The van der Waals surface area contributed by atoms with Gasteiger partial charge in [-0.15, -0.1) is 0 Å². The average Bonchev–Trinajstić information content (AvgIpc) is 2.76. The Morgan fingerprint density at radius 2 is 2.17 bits per heavy atom. The molecule has 1 saturated carbocycles. The lowest BCUT2D eigenvalue weighted by atomic mass is 9.88. The largest absolute Gasteiger partial charge is 0.480 e. The molecule has 1 spiro atoms. The van der Waals surface area contributed by atoms with Gasteiger partial charge < -0.3 is 9.84 Å². The second kappa shape index (κ2) is 6.02. The molecule has 1 heterocycles. The van der Waals surface area contributed by atoms with E-state index in [2.05, 4.69) is 11.8 Å². The molecular formula is C14H25NO3. The van der Waals surface area contributed by atoms with E-state index in [4.69, 9.17) is 9.84 Å². The molecule has 0 aromatic heterocycles. The molecule has 1 aliphatic carbocycles. The molecule has 2 rings (SSSR count). The maximum absolute atomic E-state index is 11.0. The molecule has 1 aliphatic heterocycles. The minimum atomic E-state index is -0.713. The van der Waals surface area contributed by atoms with E-state index in [0.717, 1.165) is 45.3 Å². The molecule has 0 bridgehead atoms. The third-order valence-electron chi connectivity index (χ3n) is 4.35. The Bertz CT molecular complexity index is 287. The summed E-state index contributed by atoms with van der Waals surface area (Å²) in [5.74, 6) is -0.713. The summed E-state index contributed by atoms with van der Waals surface area (Å²) in [7, 11) is 0. The van der Waals surface area contributed by atoms with Crippen LogP contribution >= 0.6 is 0 Å². The van der Waals surface area contributed by atoms with Gasteiger partial charge in [-0.3, -0.25) is 9.69 Å². The zero-order valence-electron chi connectivity index (χ0n) is 11.4. The maximum atomic E-state index is 11.0. The maximum Gasteiger partial charge on any atom is 0.317 e. The van der Waals surface area contributed by atoms with Gasteiger partial charge in [0, 0.05) is 12.6 Å². The van der Waals surface area contributed by atoms with Crippen molar-refractivity contribution in [3.63, 3.8) is 0 Å². The summed E-state index contributed by atoms with van der Waals surface area (Å²) >= 11 is 0. The first-order chi connectivity index (χ1) is 8.65. The van der Waals surface area contributed by atoms with Crippen molar-refractivity contribution in [2.24, 2.45) is 0 Å². The van der Waals surface area contributed by atoms with E-state index < -0.39 is 5.97 Å². The van der Waals surface area contributed by atoms with Crippen LogP contribution in [0.3, 0.4) is 0 Å². The number of aliphatic carboxylic acids is 1. The molecule has 0 aromatic rings. The highest BCUT2D eigenvalue weighted by Crippen LogP contribution is 2.41. The molecule has 104 valence electrons. The third-order valence-corrected chi connectivity index (χ3v) is 4.35. The minimum absolute atomic E-state index is 0.0768. The van der Waals surface area contributed by atoms with Crippen LogP contribution in [0.1, 0.15) is 51.9 Å². The Hall–Kier alpha value is -0.610. The summed E-state index contributed by atoms with van der Waals surface area (Å²) in [5.41, 5.74) is 0.0768. The van der Waals surface area contributed by atoms with Crippen LogP contribution < -0.4 is 0 Å². The van der Waals surface area contributed by atoms with Gasteiger partial charge in [-0.05, 0) is 38.6 Å². The summed E-state index contributed by atoms with van der Waals surface area (Å²) < 4.78 is 6.02. The van der Waals surface area contributed by atoms with Gasteiger partial charge in [0.1, 0.15) is 0 Å². The average molecular weight is 255 g/mol. The highest BCUT2D eigenvalue weighted by Gasteiger charge is 2.41. The number of carboxylic acids is 1. The van der Waals surface area contributed by atoms with Crippen molar-refractivity contribution in [2.75, 3.05) is 19.7 Å². The lowest BCUT2D eigenvalue weighted by molar-refractivity contribution is -0.142. The van der Waals surface area contributed by atoms with E-state index in [0.29, 0.717) is 6.04 Å². The van der Waals surface area contributed by atoms with Gasteiger partial charge in [-0.25, -0.2) is 0 Å². The molecule has 18 heavy (non-hydrogen) atoms. The Morgan fingerprint density at radius 1 is 1.44 bits per heavy atom. The van der Waals surface area contributed by atoms with E-state index in [9.17, 15) is 4.79 Å². The molecule has 1 saturated heterocycles. The number of nitrogens with zero attached hydrogens (tertiary/aromatic N) is 1. The predicted octanol–water partition coefficient (Wildman–Crippen LogP) is 2.27. The second-order valence-electron chi connectivity index (χ2n) is 5.75. The van der Waals surface area contributed by atoms with Gasteiger partial charge in [-0.1, -0.05) is 19.8 Å². The van der Waals surface area contributed by atoms with Gasteiger partial charge in [-0.2, -0.15) is 0 Å². The first kappa shape index (κ1) is 13.8. The molecular weight excluding hydrogens is 230 g/mol. The number of carboxylic acid groups (broad SMARTS) is 1. The van der Waals surface area contributed by atoms with Gasteiger partial charge in [0.25, 0.3) is 0 Å². The zero-order valence-corrected chi connectivity index (χ0v) is 11.4. The SMILES string of the molecule is CCCN(CC(=O)O)C1CCOC2(CCCC2)C1. The van der Waals surface area contributed by atoms with Crippen LogP contribution in [0, 0.1) is 0 Å². The van der Waals surface area contributed by atoms with Crippen LogP contribution in [0.2, 0.25) is 0 Å². The fourth-order valence-electron chi connectivity index (χ4n) is 3.53. The highest BCUT2D eigenvalue weighted by atomic mass is 16.5. The fourth-order valence-corrected chi connectivity index (χ4v) is 3.53. The van der Waals surface area contributed by atoms with Crippen LogP contribution in [-0.4, -0.2) is 47.3 Å². The van der Waals surface area contributed by atoms with Gasteiger partial charge in [0.2, 0.25) is 0 Å². The number of ether oxygens (including phenoxy) is 1. The van der Waals surface area contributed by atoms with Gasteiger partial charge in [0.05, 0.1) is 12.1 Å². The van der Waals surface area contributed by atoms with E-state index in [-0.39, 0.29) is 12.1 Å². The van der Waals surface area contributed by atoms with Crippen LogP contribution in [0.4, 0.5) is 0 Å². The van der Waals surface area contributed by atoms with Crippen molar-refractivity contribution in [2.45, 2.75) is 63.5 Å². The summed E-state index contributed by atoms with van der Waals surface area (Å²) in [6.45, 7) is 3.96. The third kappa shape index (κ3) is 3.23. The fraction of sp³-hybridized carbons (Fsp3) is 0.929. The quantitative estimate of drug-likeness (QED) is 0.818. The number of hydrogen-bond donors (Lipinski definition) is 1. The first-order valence-corrected chi connectivity index (χ1v) is 7.25. The van der Waals surface area contributed by atoms with Gasteiger partial charge >= 0.3 is 5.97 Å².